The van der Waals surface area contributed by atoms with Crippen molar-refractivity contribution in [2.75, 3.05) is 18.4 Å². The number of nitrogens with zero attached hydrogens (tertiary/aromatic N) is 3. The number of anilines is 1. The standard InChI is InChI=1S/C24H38N8O5/c1-16(2)21(31-20(34)8-4-3-5-14-28-32-26)23(36)30-19(7-6-13-27-24(25)37)22(35)29-18-11-9-17(15-33)10-12-18/h9-12,16,19,21,33H,3-8,13-15H2,1-2H3,(H,29,35)(H,30,36)(H,31,34)(H3,25,27,37)/t19-,21-/m0/s1. The number of amides is 5. The lowest BCUT2D eigenvalue weighted by Gasteiger charge is -2.25. The lowest BCUT2D eigenvalue weighted by Crippen LogP contribution is -2.54. The average molecular weight is 519 g/mol. The van der Waals surface area contributed by atoms with Crippen molar-refractivity contribution in [1.82, 2.24) is 16.0 Å². The van der Waals surface area contributed by atoms with Gasteiger partial charge in [0.05, 0.1) is 6.61 Å². The first-order valence-corrected chi connectivity index (χ1v) is 12.3. The molecule has 37 heavy (non-hydrogen) atoms. The molecule has 1 aromatic carbocycles. The number of rotatable bonds is 17. The summed E-state index contributed by atoms with van der Waals surface area (Å²) >= 11 is 0. The van der Waals surface area contributed by atoms with Crippen molar-refractivity contribution in [3.8, 4) is 0 Å². The molecular formula is C24H38N8O5. The Hall–Kier alpha value is -3.83. The van der Waals surface area contributed by atoms with E-state index >= 15 is 0 Å². The van der Waals surface area contributed by atoms with Gasteiger partial charge in [-0.05, 0) is 54.8 Å². The van der Waals surface area contributed by atoms with E-state index in [1.807, 2.05) is 0 Å². The van der Waals surface area contributed by atoms with E-state index in [0.29, 0.717) is 43.5 Å². The third kappa shape index (κ3) is 13.2. The van der Waals surface area contributed by atoms with Crippen LogP contribution in [0.1, 0.15) is 57.9 Å². The zero-order chi connectivity index (χ0) is 27.6. The fourth-order valence-electron chi connectivity index (χ4n) is 3.44. The Balaban J connectivity index is 2.79. The lowest BCUT2D eigenvalue weighted by molar-refractivity contribution is -0.132. The second kappa shape index (κ2) is 17.6. The zero-order valence-electron chi connectivity index (χ0n) is 21.4. The van der Waals surface area contributed by atoms with E-state index in [-0.39, 0.29) is 37.8 Å². The van der Waals surface area contributed by atoms with Gasteiger partial charge in [0.25, 0.3) is 0 Å². The highest BCUT2D eigenvalue weighted by molar-refractivity contribution is 5.98. The van der Waals surface area contributed by atoms with Crippen LogP contribution in [-0.2, 0) is 21.0 Å². The van der Waals surface area contributed by atoms with E-state index in [2.05, 4.69) is 31.3 Å². The number of aliphatic hydroxyl groups excluding tert-OH is 1. The van der Waals surface area contributed by atoms with E-state index in [4.69, 9.17) is 11.3 Å². The summed E-state index contributed by atoms with van der Waals surface area (Å²) in [5.41, 5.74) is 14.5. The highest BCUT2D eigenvalue weighted by Crippen LogP contribution is 2.12. The molecule has 0 radical (unpaired) electrons. The van der Waals surface area contributed by atoms with Crippen LogP contribution in [0, 0.1) is 5.92 Å². The average Bonchev–Trinajstić information content (AvgIpc) is 2.86. The van der Waals surface area contributed by atoms with Gasteiger partial charge in [0.15, 0.2) is 0 Å². The largest absolute Gasteiger partial charge is 0.392 e. The molecule has 0 aliphatic carbocycles. The Bertz CT molecular complexity index is 932. The summed E-state index contributed by atoms with van der Waals surface area (Å²) in [6, 6.07) is 4.15. The smallest absolute Gasteiger partial charge is 0.312 e. The van der Waals surface area contributed by atoms with Gasteiger partial charge in [-0.2, -0.15) is 0 Å². The maximum absolute atomic E-state index is 13.1. The van der Waals surface area contributed by atoms with Gasteiger partial charge in [0.2, 0.25) is 17.7 Å². The molecule has 0 aromatic heterocycles. The van der Waals surface area contributed by atoms with Crippen LogP contribution in [0.2, 0.25) is 0 Å². The number of hydrogen-bond acceptors (Lipinski definition) is 6. The number of nitrogens with one attached hydrogen (secondary N) is 4. The van der Waals surface area contributed by atoms with Crippen molar-refractivity contribution in [3.05, 3.63) is 40.3 Å². The summed E-state index contributed by atoms with van der Waals surface area (Å²) in [5.74, 6) is -1.48. The highest BCUT2D eigenvalue weighted by atomic mass is 16.3. The SMILES string of the molecule is CC(C)[C@H](NC(=O)CCCCCN=[N+]=[N-])C(=O)N[C@@H](CCCNC(N)=O)C(=O)Nc1ccc(CO)cc1. The summed E-state index contributed by atoms with van der Waals surface area (Å²) in [6.45, 7) is 4.05. The fraction of sp³-hybridized carbons (Fsp3) is 0.583. The van der Waals surface area contributed by atoms with Crippen LogP contribution in [-0.4, -0.2) is 54.0 Å². The monoisotopic (exact) mass is 518 g/mol. The third-order valence-electron chi connectivity index (χ3n) is 5.50. The maximum Gasteiger partial charge on any atom is 0.312 e. The molecule has 1 rings (SSSR count). The number of aliphatic hydroxyl groups is 1. The number of benzene rings is 1. The van der Waals surface area contributed by atoms with E-state index in [1.54, 1.807) is 38.1 Å². The number of carbonyl (C=O) groups is 4. The van der Waals surface area contributed by atoms with Crippen LogP contribution in [0.15, 0.2) is 29.4 Å². The van der Waals surface area contributed by atoms with Gasteiger partial charge in [-0.15, -0.1) is 0 Å². The van der Waals surface area contributed by atoms with E-state index < -0.39 is 29.9 Å². The molecule has 7 N–H and O–H groups in total. The highest BCUT2D eigenvalue weighted by Gasteiger charge is 2.28. The van der Waals surface area contributed by atoms with Crippen LogP contribution >= 0.6 is 0 Å². The molecule has 204 valence electrons. The summed E-state index contributed by atoms with van der Waals surface area (Å²) in [5, 5.41) is 23.3. The van der Waals surface area contributed by atoms with Crippen molar-refractivity contribution >= 4 is 29.4 Å². The molecular weight excluding hydrogens is 480 g/mol. The summed E-state index contributed by atoms with van der Waals surface area (Å²) < 4.78 is 0. The minimum absolute atomic E-state index is 0.127. The van der Waals surface area contributed by atoms with Crippen LogP contribution in [0.4, 0.5) is 10.5 Å². The lowest BCUT2D eigenvalue weighted by atomic mass is 10.0. The molecule has 0 bridgehead atoms. The van der Waals surface area contributed by atoms with Gasteiger partial charge in [-0.25, -0.2) is 4.79 Å². The number of urea groups is 1. The normalized spacial score (nSPS) is 12.1. The summed E-state index contributed by atoms with van der Waals surface area (Å²) in [6.07, 6.45) is 2.79. The Kier molecular flexibility index (Phi) is 14.8. The zero-order valence-corrected chi connectivity index (χ0v) is 21.4. The van der Waals surface area contributed by atoms with E-state index in [1.165, 1.54) is 0 Å². The molecule has 13 heteroatoms. The molecule has 0 saturated heterocycles. The molecule has 2 atom stereocenters. The molecule has 1 aromatic rings. The van der Waals surface area contributed by atoms with Gasteiger partial charge in [0, 0.05) is 30.1 Å². The van der Waals surface area contributed by atoms with Crippen molar-refractivity contribution < 1.29 is 24.3 Å². The topological polar surface area (TPSA) is 211 Å². The quantitative estimate of drug-likeness (QED) is 0.0788. The Morgan fingerprint density at radius 2 is 1.73 bits per heavy atom. The summed E-state index contributed by atoms with van der Waals surface area (Å²) in [4.78, 5) is 52.1. The minimum Gasteiger partial charge on any atom is -0.392 e. The molecule has 0 spiro atoms. The first-order valence-electron chi connectivity index (χ1n) is 12.3. The molecule has 0 saturated carbocycles. The number of nitrogens with two attached hydrogens (primary N) is 1. The van der Waals surface area contributed by atoms with Crippen molar-refractivity contribution in [3.63, 3.8) is 0 Å². The number of azide groups is 1. The van der Waals surface area contributed by atoms with Crippen molar-refractivity contribution in [2.45, 2.75) is 71.1 Å². The first kappa shape index (κ1) is 31.2. The van der Waals surface area contributed by atoms with Gasteiger partial charge < -0.3 is 32.1 Å². The molecule has 13 nitrogen and oxygen atoms in total. The molecule has 5 amide bonds. The van der Waals surface area contributed by atoms with Crippen LogP contribution in [0.25, 0.3) is 10.4 Å². The van der Waals surface area contributed by atoms with Gasteiger partial charge in [-0.1, -0.05) is 37.5 Å². The molecule has 0 unspecified atom stereocenters. The van der Waals surface area contributed by atoms with Crippen LogP contribution < -0.4 is 27.0 Å². The number of primary amides is 1. The van der Waals surface area contributed by atoms with E-state index in [9.17, 15) is 24.3 Å². The Morgan fingerprint density at radius 3 is 2.32 bits per heavy atom. The number of hydrogen-bond donors (Lipinski definition) is 6. The third-order valence-corrected chi connectivity index (χ3v) is 5.50. The summed E-state index contributed by atoms with van der Waals surface area (Å²) in [7, 11) is 0. The second-order valence-corrected chi connectivity index (χ2v) is 8.89. The minimum atomic E-state index is -0.932. The Morgan fingerprint density at radius 1 is 1.03 bits per heavy atom. The number of unbranched alkanes of at least 4 members (excludes halogenated alkanes) is 2. The first-order chi connectivity index (χ1) is 17.7. The van der Waals surface area contributed by atoms with Crippen molar-refractivity contribution in [1.29, 1.82) is 0 Å². The van der Waals surface area contributed by atoms with Gasteiger partial charge in [0.1, 0.15) is 12.1 Å². The van der Waals surface area contributed by atoms with Gasteiger partial charge >= 0.3 is 6.03 Å². The molecule has 0 aliphatic rings. The fourth-order valence-corrected chi connectivity index (χ4v) is 3.44. The van der Waals surface area contributed by atoms with Crippen LogP contribution in [0.5, 0.6) is 0 Å². The maximum atomic E-state index is 13.1. The van der Waals surface area contributed by atoms with E-state index in [0.717, 1.165) is 0 Å². The molecule has 0 aliphatic heterocycles. The predicted octanol–water partition coefficient (Wildman–Crippen LogP) is 2.06. The molecule has 0 fully saturated rings. The van der Waals surface area contributed by atoms with Crippen molar-refractivity contribution in [2.24, 2.45) is 16.8 Å². The Labute approximate surface area is 216 Å². The molecule has 0 heterocycles. The second-order valence-electron chi connectivity index (χ2n) is 8.89. The number of carbonyl (C=O) groups excluding carboxylic acids is 4. The van der Waals surface area contributed by atoms with Gasteiger partial charge in [-0.3, -0.25) is 14.4 Å². The van der Waals surface area contributed by atoms with Crippen LogP contribution in [0.3, 0.4) is 0 Å². The predicted molar refractivity (Wildman–Crippen MR) is 139 cm³/mol.